The van der Waals surface area contributed by atoms with Crippen molar-refractivity contribution in [2.24, 2.45) is 5.10 Å². The van der Waals surface area contributed by atoms with E-state index in [0.717, 1.165) is 12.5 Å². The van der Waals surface area contributed by atoms with Crippen LogP contribution < -0.4 is 5.43 Å². The molecule has 0 aromatic heterocycles. The van der Waals surface area contributed by atoms with E-state index in [0.29, 0.717) is 19.6 Å². The van der Waals surface area contributed by atoms with Crippen molar-refractivity contribution in [2.75, 3.05) is 18.6 Å². The van der Waals surface area contributed by atoms with Crippen LogP contribution in [0.2, 0.25) is 0 Å². The van der Waals surface area contributed by atoms with Gasteiger partial charge in [0.05, 0.1) is 15.9 Å². The van der Waals surface area contributed by atoms with Crippen LogP contribution in [-0.4, -0.2) is 29.3 Å². The number of nitro groups is 2. The summed E-state index contributed by atoms with van der Waals surface area (Å²) in [6, 6.07) is 3.33. The van der Waals surface area contributed by atoms with Crippen LogP contribution in [0.1, 0.15) is 19.8 Å². The van der Waals surface area contributed by atoms with Crippen LogP contribution in [0.25, 0.3) is 0 Å². The zero-order valence-electron chi connectivity index (χ0n) is 11.5. The van der Waals surface area contributed by atoms with Crippen molar-refractivity contribution < 1.29 is 14.6 Å². The van der Waals surface area contributed by atoms with Gasteiger partial charge in [0.2, 0.25) is 0 Å². The smallest absolute Gasteiger partial charge is 0.301 e. The number of hydrazone groups is 1. The molecule has 0 unspecified atom stereocenters. The SMILES string of the molecule is CCOCCC/C=N/Nc1ccc([N+](=O)[O-])cc1[N+](=O)[O-]. The number of unbranched alkanes of at least 4 members (excludes halogenated alkanes) is 1. The highest BCUT2D eigenvalue weighted by Crippen LogP contribution is 2.28. The maximum absolute atomic E-state index is 10.9. The molecule has 1 N–H and O–H groups in total. The van der Waals surface area contributed by atoms with E-state index in [2.05, 4.69) is 10.5 Å². The lowest BCUT2D eigenvalue weighted by Crippen LogP contribution is -1.99. The van der Waals surface area contributed by atoms with E-state index in [1.165, 1.54) is 12.1 Å². The molecular weight excluding hydrogens is 280 g/mol. The lowest BCUT2D eigenvalue weighted by Gasteiger charge is -2.02. The van der Waals surface area contributed by atoms with Gasteiger partial charge in [-0.05, 0) is 25.8 Å². The van der Waals surface area contributed by atoms with Gasteiger partial charge in [0.15, 0.2) is 0 Å². The van der Waals surface area contributed by atoms with Gasteiger partial charge in [-0.1, -0.05) is 0 Å². The summed E-state index contributed by atoms with van der Waals surface area (Å²) in [4.78, 5) is 20.1. The van der Waals surface area contributed by atoms with Crippen LogP contribution in [-0.2, 0) is 4.74 Å². The first-order valence-corrected chi connectivity index (χ1v) is 6.34. The van der Waals surface area contributed by atoms with E-state index < -0.39 is 15.5 Å². The Morgan fingerprint density at radius 3 is 2.71 bits per heavy atom. The standard InChI is InChI=1S/C12H16N4O5/c1-2-21-8-4-3-7-13-14-11-6-5-10(15(17)18)9-12(11)16(19)20/h5-7,9,14H,2-4,8H2,1H3/b13-7+. The molecule has 0 saturated heterocycles. The molecule has 1 aromatic rings. The molecule has 0 aliphatic heterocycles. The molecule has 0 heterocycles. The predicted octanol–water partition coefficient (Wildman–Crippen LogP) is 2.72. The van der Waals surface area contributed by atoms with E-state index in [4.69, 9.17) is 4.74 Å². The van der Waals surface area contributed by atoms with Crippen LogP contribution in [0.5, 0.6) is 0 Å². The molecule has 1 rings (SSSR count). The van der Waals surface area contributed by atoms with Gasteiger partial charge in [0, 0.05) is 25.5 Å². The van der Waals surface area contributed by atoms with Crippen molar-refractivity contribution in [3.8, 4) is 0 Å². The maximum Gasteiger partial charge on any atom is 0.301 e. The van der Waals surface area contributed by atoms with Crippen molar-refractivity contribution in [1.82, 2.24) is 0 Å². The highest BCUT2D eigenvalue weighted by Gasteiger charge is 2.18. The maximum atomic E-state index is 10.9. The molecule has 0 fully saturated rings. The molecule has 0 saturated carbocycles. The van der Waals surface area contributed by atoms with Crippen LogP contribution in [0.15, 0.2) is 23.3 Å². The quantitative estimate of drug-likeness (QED) is 0.324. The second-order valence-electron chi connectivity index (χ2n) is 3.98. The minimum absolute atomic E-state index is 0.103. The summed E-state index contributed by atoms with van der Waals surface area (Å²) in [5.41, 5.74) is 1.89. The largest absolute Gasteiger partial charge is 0.382 e. The molecule has 0 aliphatic rings. The van der Waals surface area contributed by atoms with Crippen LogP contribution in [0.4, 0.5) is 17.1 Å². The molecule has 1 aromatic carbocycles. The number of nitro benzene ring substituents is 2. The van der Waals surface area contributed by atoms with Crippen molar-refractivity contribution in [1.29, 1.82) is 0 Å². The fourth-order valence-electron chi connectivity index (χ4n) is 1.48. The van der Waals surface area contributed by atoms with Gasteiger partial charge in [-0.2, -0.15) is 5.10 Å². The molecular formula is C12H16N4O5. The monoisotopic (exact) mass is 296 g/mol. The number of benzene rings is 1. The summed E-state index contributed by atoms with van der Waals surface area (Å²) in [5.74, 6) is 0. The zero-order valence-corrected chi connectivity index (χ0v) is 11.5. The van der Waals surface area contributed by atoms with Crippen molar-refractivity contribution in [3.05, 3.63) is 38.4 Å². The van der Waals surface area contributed by atoms with E-state index in [-0.39, 0.29) is 11.4 Å². The third-order valence-electron chi connectivity index (χ3n) is 2.49. The Hall–Kier alpha value is -2.55. The van der Waals surface area contributed by atoms with E-state index in [1.807, 2.05) is 6.92 Å². The number of rotatable bonds is 9. The lowest BCUT2D eigenvalue weighted by atomic mass is 10.2. The normalized spacial score (nSPS) is 10.7. The van der Waals surface area contributed by atoms with Gasteiger partial charge in [-0.25, -0.2) is 0 Å². The predicted molar refractivity (Wildman–Crippen MR) is 77.6 cm³/mol. The Labute approximate surface area is 120 Å². The molecule has 0 radical (unpaired) electrons. The van der Waals surface area contributed by atoms with Crippen molar-refractivity contribution >= 4 is 23.3 Å². The Kier molecular flexibility index (Phi) is 6.75. The molecule has 0 atom stereocenters. The van der Waals surface area contributed by atoms with E-state index in [1.54, 1.807) is 6.21 Å². The van der Waals surface area contributed by atoms with E-state index >= 15 is 0 Å². The third kappa shape index (κ3) is 5.53. The number of nitrogens with one attached hydrogen (secondary N) is 1. The highest BCUT2D eigenvalue weighted by molar-refractivity contribution is 5.67. The summed E-state index contributed by atoms with van der Waals surface area (Å²) in [6.07, 6.45) is 3.03. The highest BCUT2D eigenvalue weighted by atomic mass is 16.6. The van der Waals surface area contributed by atoms with Crippen LogP contribution >= 0.6 is 0 Å². The summed E-state index contributed by atoms with van der Waals surface area (Å²) in [6.45, 7) is 3.19. The second-order valence-corrected chi connectivity index (χ2v) is 3.98. The van der Waals surface area contributed by atoms with Crippen molar-refractivity contribution in [2.45, 2.75) is 19.8 Å². The van der Waals surface area contributed by atoms with Gasteiger partial charge >= 0.3 is 5.69 Å². The third-order valence-corrected chi connectivity index (χ3v) is 2.49. The number of anilines is 1. The molecule has 114 valence electrons. The van der Waals surface area contributed by atoms with Gasteiger partial charge in [-0.15, -0.1) is 0 Å². The first kappa shape index (κ1) is 16.5. The molecule has 21 heavy (non-hydrogen) atoms. The number of hydrogen-bond acceptors (Lipinski definition) is 7. The van der Waals surface area contributed by atoms with Gasteiger partial charge in [0.25, 0.3) is 5.69 Å². The number of nitrogens with zero attached hydrogens (tertiary/aromatic N) is 3. The summed E-state index contributed by atoms with van der Waals surface area (Å²) >= 11 is 0. The Morgan fingerprint density at radius 1 is 1.33 bits per heavy atom. The average molecular weight is 296 g/mol. The zero-order chi connectivity index (χ0) is 15.7. The minimum Gasteiger partial charge on any atom is -0.382 e. The van der Waals surface area contributed by atoms with Gasteiger partial charge in [0.1, 0.15) is 5.69 Å². The number of ether oxygens (including phenoxy) is 1. The van der Waals surface area contributed by atoms with Crippen molar-refractivity contribution in [3.63, 3.8) is 0 Å². The molecule has 0 aliphatic carbocycles. The molecule has 0 spiro atoms. The summed E-state index contributed by atoms with van der Waals surface area (Å²) in [7, 11) is 0. The molecule has 9 heteroatoms. The Balaban J connectivity index is 2.64. The van der Waals surface area contributed by atoms with Crippen LogP contribution in [0, 0.1) is 20.2 Å². The Bertz CT molecular complexity index is 532. The molecule has 0 amide bonds. The fraction of sp³-hybridized carbons (Fsp3) is 0.417. The van der Waals surface area contributed by atoms with Crippen LogP contribution in [0.3, 0.4) is 0 Å². The van der Waals surface area contributed by atoms with Gasteiger partial charge in [-0.3, -0.25) is 25.7 Å². The summed E-state index contributed by atoms with van der Waals surface area (Å²) in [5, 5.41) is 25.3. The van der Waals surface area contributed by atoms with E-state index in [9.17, 15) is 20.2 Å². The molecule has 0 bridgehead atoms. The second kappa shape index (κ2) is 8.59. The first-order valence-electron chi connectivity index (χ1n) is 6.34. The number of hydrogen-bond donors (Lipinski definition) is 1. The lowest BCUT2D eigenvalue weighted by molar-refractivity contribution is -0.393. The fourth-order valence-corrected chi connectivity index (χ4v) is 1.48. The number of non-ortho nitro benzene ring substituents is 1. The first-order chi connectivity index (χ1) is 10.1. The average Bonchev–Trinajstić information content (AvgIpc) is 2.46. The Morgan fingerprint density at radius 2 is 2.10 bits per heavy atom. The van der Waals surface area contributed by atoms with Gasteiger partial charge < -0.3 is 4.74 Å². The minimum atomic E-state index is -0.695. The topological polar surface area (TPSA) is 120 Å². The molecule has 9 nitrogen and oxygen atoms in total. The summed E-state index contributed by atoms with van der Waals surface area (Å²) < 4.78 is 5.15.